The predicted molar refractivity (Wildman–Crippen MR) is 34.9 cm³/mol. The number of halogens is 3. The van der Waals surface area contributed by atoms with Gasteiger partial charge in [0.05, 0.1) is 7.11 Å². The molecule has 0 N–H and O–H groups in total. The number of alkyl halides is 2. The Kier molecular flexibility index (Phi) is 4.97. The van der Waals surface area contributed by atoms with Crippen LogP contribution in [0.25, 0.3) is 0 Å². The summed E-state index contributed by atoms with van der Waals surface area (Å²) in [6.07, 6.45) is 0. The molecule has 0 saturated carbocycles. The minimum absolute atomic E-state index is 0. The highest BCUT2D eigenvalue weighted by Crippen LogP contribution is 2.15. The van der Waals surface area contributed by atoms with Crippen molar-refractivity contribution in [2.24, 2.45) is 0 Å². The van der Waals surface area contributed by atoms with E-state index in [0.717, 1.165) is 7.11 Å². The maximum atomic E-state index is 12.1. The van der Waals surface area contributed by atoms with Gasteiger partial charge in [-0.1, -0.05) is 0 Å². The molecule has 0 unspecified atom stereocenters. The number of hydrogen-bond acceptors (Lipinski definition) is 3. The van der Waals surface area contributed by atoms with E-state index in [0.29, 0.717) is 6.92 Å². The minimum atomic E-state index is -3.99. The van der Waals surface area contributed by atoms with E-state index in [1.54, 1.807) is 0 Å². The molecule has 6 heteroatoms. The Morgan fingerprint density at radius 3 is 1.82 bits per heavy atom. The van der Waals surface area contributed by atoms with Crippen LogP contribution in [0.4, 0.5) is 8.78 Å². The average Bonchev–Trinajstić information content (AvgIpc) is 1.86. The average molecular weight is 189 g/mol. The number of ether oxygens (including phenoxy) is 1. The number of methoxy groups -OCH3 is 1. The quantitative estimate of drug-likeness (QED) is 0.476. The normalized spacial score (nSPS) is 9.82. The van der Waals surface area contributed by atoms with Crippen LogP contribution in [-0.4, -0.2) is 24.8 Å². The molecule has 0 aliphatic carbocycles. The first-order valence-electron chi connectivity index (χ1n) is 2.40. The van der Waals surface area contributed by atoms with Crippen LogP contribution in [0.1, 0.15) is 6.92 Å². The van der Waals surface area contributed by atoms with E-state index in [-0.39, 0.29) is 12.4 Å². The first kappa shape index (κ1) is 12.9. The number of carbonyl (C=O) groups excluding carboxylic acids is 2. The SMILES string of the molecule is COC(=O)C(F)(F)C(C)=O.Cl. The van der Waals surface area contributed by atoms with Crippen LogP contribution in [0.3, 0.4) is 0 Å². The summed E-state index contributed by atoms with van der Waals surface area (Å²) >= 11 is 0. The molecule has 0 aromatic carbocycles. The van der Waals surface area contributed by atoms with Crippen molar-refractivity contribution in [3.05, 3.63) is 0 Å². The molecule has 0 rings (SSSR count). The van der Waals surface area contributed by atoms with Gasteiger partial charge in [-0.05, 0) is 0 Å². The van der Waals surface area contributed by atoms with Gasteiger partial charge in [-0.3, -0.25) is 4.79 Å². The number of rotatable bonds is 2. The fraction of sp³-hybridized carbons (Fsp3) is 0.600. The van der Waals surface area contributed by atoms with Crippen LogP contribution in [0.5, 0.6) is 0 Å². The third-order valence-corrected chi connectivity index (χ3v) is 0.884. The van der Waals surface area contributed by atoms with Gasteiger partial charge in [0.15, 0.2) is 0 Å². The van der Waals surface area contributed by atoms with Crippen molar-refractivity contribution in [2.45, 2.75) is 12.8 Å². The van der Waals surface area contributed by atoms with Crippen molar-refractivity contribution < 1.29 is 23.1 Å². The van der Waals surface area contributed by atoms with Crippen LogP contribution in [0.15, 0.2) is 0 Å². The minimum Gasteiger partial charge on any atom is -0.464 e. The second-order valence-electron chi connectivity index (χ2n) is 1.62. The van der Waals surface area contributed by atoms with E-state index in [1.165, 1.54) is 0 Å². The van der Waals surface area contributed by atoms with Crippen molar-refractivity contribution in [3.63, 3.8) is 0 Å². The summed E-state index contributed by atoms with van der Waals surface area (Å²) in [5, 5.41) is 0. The highest BCUT2D eigenvalue weighted by Gasteiger charge is 2.45. The molecule has 0 heterocycles. The Morgan fingerprint density at radius 1 is 1.36 bits per heavy atom. The van der Waals surface area contributed by atoms with Gasteiger partial charge in [-0.15, -0.1) is 12.4 Å². The Balaban J connectivity index is 0. The predicted octanol–water partition coefficient (Wildman–Crippen LogP) is 0.805. The van der Waals surface area contributed by atoms with Crippen molar-refractivity contribution in [1.82, 2.24) is 0 Å². The number of Topliss-reactive ketones (excluding diaryl/α,β-unsaturated/α-hetero) is 1. The summed E-state index contributed by atoms with van der Waals surface area (Å²) in [5.74, 6) is -7.33. The molecule has 0 fully saturated rings. The van der Waals surface area contributed by atoms with E-state index < -0.39 is 17.7 Å². The number of ketones is 1. The van der Waals surface area contributed by atoms with Gasteiger partial charge >= 0.3 is 11.9 Å². The lowest BCUT2D eigenvalue weighted by Crippen LogP contribution is -2.36. The van der Waals surface area contributed by atoms with E-state index in [1.807, 2.05) is 0 Å². The standard InChI is InChI=1S/C5H6F2O3.ClH/c1-3(8)5(6,7)4(9)10-2;/h1-2H3;1H. The van der Waals surface area contributed by atoms with E-state index >= 15 is 0 Å². The largest absolute Gasteiger partial charge is 0.464 e. The highest BCUT2D eigenvalue weighted by molar-refractivity contribution is 6.03. The lowest BCUT2D eigenvalue weighted by Gasteiger charge is -2.07. The molecule has 0 radical (unpaired) electrons. The molecule has 0 amide bonds. The Bertz CT molecular complexity index is 169. The topological polar surface area (TPSA) is 43.4 Å². The second kappa shape index (κ2) is 4.23. The first-order valence-corrected chi connectivity index (χ1v) is 2.40. The summed E-state index contributed by atoms with van der Waals surface area (Å²) in [6, 6.07) is 0. The fourth-order valence-electron chi connectivity index (χ4n) is 0.272. The van der Waals surface area contributed by atoms with Gasteiger partial charge in [0.2, 0.25) is 5.78 Å². The Morgan fingerprint density at radius 2 is 1.73 bits per heavy atom. The molecule has 0 aliphatic heterocycles. The molecule has 0 spiro atoms. The zero-order chi connectivity index (χ0) is 8.36. The first-order chi connectivity index (χ1) is 4.42. The monoisotopic (exact) mass is 188 g/mol. The smallest absolute Gasteiger partial charge is 0.399 e. The van der Waals surface area contributed by atoms with Gasteiger partial charge in [0, 0.05) is 6.92 Å². The lowest BCUT2D eigenvalue weighted by atomic mass is 10.2. The summed E-state index contributed by atoms with van der Waals surface area (Å²) in [5.41, 5.74) is 0. The third-order valence-electron chi connectivity index (χ3n) is 0.884. The Labute approximate surface area is 68.1 Å². The van der Waals surface area contributed by atoms with Crippen molar-refractivity contribution in [1.29, 1.82) is 0 Å². The molecular formula is C5H7ClF2O3. The van der Waals surface area contributed by atoms with Gasteiger partial charge in [0.25, 0.3) is 0 Å². The van der Waals surface area contributed by atoms with Crippen molar-refractivity contribution in [3.8, 4) is 0 Å². The van der Waals surface area contributed by atoms with Gasteiger partial charge in [-0.2, -0.15) is 8.78 Å². The van der Waals surface area contributed by atoms with E-state index in [4.69, 9.17) is 0 Å². The molecule has 11 heavy (non-hydrogen) atoms. The molecule has 0 aliphatic rings. The number of carbonyl (C=O) groups is 2. The van der Waals surface area contributed by atoms with Crippen LogP contribution < -0.4 is 0 Å². The van der Waals surface area contributed by atoms with Crippen LogP contribution in [0.2, 0.25) is 0 Å². The van der Waals surface area contributed by atoms with Crippen molar-refractivity contribution >= 4 is 24.2 Å². The third kappa shape index (κ3) is 2.80. The zero-order valence-electron chi connectivity index (χ0n) is 5.89. The van der Waals surface area contributed by atoms with Crippen LogP contribution in [-0.2, 0) is 14.3 Å². The summed E-state index contributed by atoms with van der Waals surface area (Å²) in [6.45, 7) is 0.622. The molecule has 3 nitrogen and oxygen atoms in total. The number of hydrogen-bond donors (Lipinski definition) is 0. The summed E-state index contributed by atoms with van der Waals surface area (Å²) in [4.78, 5) is 20.1. The Hall–Kier alpha value is -0.710. The number of esters is 1. The lowest BCUT2D eigenvalue weighted by molar-refractivity contribution is -0.173. The molecular weight excluding hydrogens is 182 g/mol. The molecule has 0 aromatic rings. The van der Waals surface area contributed by atoms with E-state index in [2.05, 4.69) is 4.74 Å². The van der Waals surface area contributed by atoms with Crippen molar-refractivity contribution in [2.75, 3.05) is 7.11 Å². The highest BCUT2D eigenvalue weighted by atomic mass is 35.5. The van der Waals surface area contributed by atoms with Crippen LogP contribution in [0, 0.1) is 0 Å². The molecule has 0 aromatic heterocycles. The van der Waals surface area contributed by atoms with Gasteiger partial charge in [-0.25, -0.2) is 4.79 Å². The molecule has 0 saturated heterocycles. The molecule has 66 valence electrons. The maximum Gasteiger partial charge on any atom is 0.399 e. The summed E-state index contributed by atoms with van der Waals surface area (Å²) < 4.78 is 27.9. The maximum absolute atomic E-state index is 12.1. The van der Waals surface area contributed by atoms with E-state index in [9.17, 15) is 18.4 Å². The fourth-order valence-corrected chi connectivity index (χ4v) is 0.272. The zero-order valence-corrected chi connectivity index (χ0v) is 6.71. The molecule has 0 bridgehead atoms. The van der Waals surface area contributed by atoms with Gasteiger partial charge < -0.3 is 4.74 Å². The second-order valence-corrected chi connectivity index (χ2v) is 1.62. The molecule has 0 atom stereocenters. The summed E-state index contributed by atoms with van der Waals surface area (Å²) in [7, 11) is 0.791. The van der Waals surface area contributed by atoms with Gasteiger partial charge in [0.1, 0.15) is 0 Å². The van der Waals surface area contributed by atoms with Crippen LogP contribution >= 0.6 is 12.4 Å².